The first-order valence-electron chi connectivity index (χ1n) is 10.9. The largest absolute Gasteiger partial charge is 0.505 e. The van der Waals surface area contributed by atoms with Crippen LogP contribution in [-0.4, -0.2) is 21.8 Å². The number of hydrogen-bond acceptors (Lipinski definition) is 6. The highest BCUT2D eigenvalue weighted by Crippen LogP contribution is 2.37. The van der Waals surface area contributed by atoms with Crippen molar-refractivity contribution >= 4 is 81.2 Å². The number of aromatic hydroxyl groups is 2. The van der Waals surface area contributed by atoms with Crippen LogP contribution in [0.3, 0.4) is 0 Å². The molecule has 0 unspecified atom stereocenters. The number of halogens is 6. The van der Waals surface area contributed by atoms with E-state index in [0.717, 1.165) is 12.1 Å². The van der Waals surface area contributed by atoms with Gasteiger partial charge in [-0.05, 0) is 0 Å². The van der Waals surface area contributed by atoms with Crippen LogP contribution in [-0.2, 0) is 0 Å². The molecule has 0 fully saturated rings. The molecule has 2 N–H and O–H groups in total. The molecular formula is C28H14Cl6O6. The van der Waals surface area contributed by atoms with Gasteiger partial charge >= 0.3 is 0 Å². The maximum Gasteiger partial charge on any atom is 0.200 e. The Kier molecular flexibility index (Phi) is 10.6. The molecule has 0 atom stereocenters. The molecule has 0 aliphatic heterocycles. The van der Waals surface area contributed by atoms with Crippen molar-refractivity contribution in [2.45, 2.75) is 0 Å². The molecule has 0 heterocycles. The molecule has 4 aromatic carbocycles. The maximum atomic E-state index is 12.3. The lowest BCUT2D eigenvalue weighted by molar-refractivity contribution is 0.102. The van der Waals surface area contributed by atoms with Crippen molar-refractivity contribution in [2.75, 3.05) is 0 Å². The van der Waals surface area contributed by atoms with Crippen molar-refractivity contribution in [1.29, 1.82) is 0 Å². The second-order valence-corrected chi connectivity index (χ2v) is 10.1. The van der Waals surface area contributed by atoms with Gasteiger partial charge in [0, 0.05) is 23.3 Å². The number of carbonyl (C=O) groups excluding carboxylic acids is 2. The van der Waals surface area contributed by atoms with E-state index in [1.54, 1.807) is 36.4 Å². The zero-order valence-corrected chi connectivity index (χ0v) is 24.3. The number of hydrogen-bond donors (Lipinski definition) is 2. The van der Waals surface area contributed by atoms with Gasteiger partial charge in [0.25, 0.3) is 0 Å². The topological polar surface area (TPSA) is 109 Å². The third kappa shape index (κ3) is 6.78. The third-order valence-corrected chi connectivity index (χ3v) is 7.73. The average molecular weight is 659 g/mol. The molecule has 204 valence electrons. The molecule has 0 saturated heterocycles. The summed E-state index contributed by atoms with van der Waals surface area (Å²) in [5, 5.41) is 18.6. The van der Waals surface area contributed by atoms with E-state index >= 15 is 0 Å². The lowest BCUT2D eigenvalue weighted by Crippen LogP contribution is -2.13. The fraction of sp³-hybridized carbons (Fsp3) is 0. The minimum Gasteiger partial charge on any atom is -0.505 e. The van der Waals surface area contributed by atoms with Crippen LogP contribution >= 0.6 is 69.6 Å². The van der Waals surface area contributed by atoms with Crippen LogP contribution in [0.5, 0.6) is 11.5 Å². The minimum atomic E-state index is -0.754. The van der Waals surface area contributed by atoms with E-state index in [4.69, 9.17) is 69.6 Å². The van der Waals surface area contributed by atoms with Gasteiger partial charge in [0.2, 0.25) is 11.6 Å². The monoisotopic (exact) mass is 656 g/mol. The Bertz CT molecular complexity index is 1620. The standard InChI is InChI=1S/2C14H7Cl3O3/c2*15-8-6-9(18)10(14(20)12(17)11(8)16)13(19)7-4-2-1-3-5-7/h2*1-6,20H. The summed E-state index contributed by atoms with van der Waals surface area (Å²) in [5.74, 6) is -2.67. The molecule has 0 aliphatic rings. The van der Waals surface area contributed by atoms with Crippen LogP contribution in [0.4, 0.5) is 0 Å². The summed E-state index contributed by atoms with van der Waals surface area (Å²) in [5.41, 5.74) is -1.95. The van der Waals surface area contributed by atoms with Gasteiger partial charge in [0.05, 0.1) is 20.1 Å². The first-order chi connectivity index (χ1) is 18.9. The Balaban J connectivity index is 0.000000220. The van der Waals surface area contributed by atoms with Gasteiger partial charge in [0.15, 0.2) is 22.4 Å². The molecule has 0 aliphatic carbocycles. The van der Waals surface area contributed by atoms with Crippen LogP contribution in [0.15, 0.2) is 82.4 Å². The van der Waals surface area contributed by atoms with Gasteiger partial charge in [-0.15, -0.1) is 0 Å². The molecular weight excluding hydrogens is 645 g/mol. The fourth-order valence-corrected chi connectivity index (χ4v) is 4.44. The summed E-state index contributed by atoms with van der Waals surface area (Å²) in [6.45, 7) is 0. The Hall–Kier alpha value is -3.10. The Labute approximate surface area is 256 Å². The third-order valence-electron chi connectivity index (χ3n) is 5.23. The first-order valence-corrected chi connectivity index (χ1v) is 13.1. The zero-order valence-electron chi connectivity index (χ0n) is 19.7. The molecule has 0 bridgehead atoms. The minimum absolute atomic E-state index is 0.135. The molecule has 0 aromatic heterocycles. The van der Waals surface area contributed by atoms with Crippen molar-refractivity contribution in [3.63, 3.8) is 0 Å². The van der Waals surface area contributed by atoms with E-state index in [2.05, 4.69) is 0 Å². The quantitative estimate of drug-likeness (QED) is 0.216. The molecule has 6 nitrogen and oxygen atoms in total. The SMILES string of the molecule is O=C(c1ccccc1)c1c(O)c(Cl)c(Cl)c(Cl)cc1=O.O=C(c1ccccc1)c1c(O)c(Cl)c(Cl)c(Cl)cc1=O. The van der Waals surface area contributed by atoms with Gasteiger partial charge in [-0.3, -0.25) is 19.2 Å². The summed E-state index contributed by atoms with van der Waals surface area (Å²) in [7, 11) is 0. The van der Waals surface area contributed by atoms with Crippen molar-refractivity contribution in [2.24, 2.45) is 0 Å². The van der Waals surface area contributed by atoms with Gasteiger partial charge in [-0.2, -0.15) is 0 Å². The zero-order chi connectivity index (χ0) is 29.7. The van der Waals surface area contributed by atoms with Crippen LogP contribution in [0.25, 0.3) is 0 Å². The molecule has 0 spiro atoms. The first kappa shape index (κ1) is 31.4. The summed E-state index contributed by atoms with van der Waals surface area (Å²) < 4.78 is 0. The Morgan fingerprint density at radius 1 is 0.500 bits per heavy atom. The maximum absolute atomic E-state index is 12.3. The predicted octanol–water partition coefficient (Wildman–Crippen LogP) is 7.89. The van der Waals surface area contributed by atoms with Crippen LogP contribution in [0.2, 0.25) is 30.1 Å². The molecule has 4 rings (SSSR count). The summed E-state index contributed by atoms with van der Waals surface area (Å²) in [6.07, 6.45) is 0. The summed E-state index contributed by atoms with van der Waals surface area (Å²) in [4.78, 5) is 48.6. The van der Waals surface area contributed by atoms with Crippen molar-refractivity contribution in [3.8, 4) is 11.5 Å². The summed E-state index contributed by atoms with van der Waals surface area (Å²) in [6, 6.07) is 18.0. The van der Waals surface area contributed by atoms with Gasteiger partial charge in [0.1, 0.15) is 21.2 Å². The molecule has 0 amide bonds. The molecule has 4 aromatic rings. The Morgan fingerprint density at radius 3 is 1.10 bits per heavy atom. The van der Waals surface area contributed by atoms with E-state index in [9.17, 15) is 29.4 Å². The average Bonchev–Trinajstić information content (AvgIpc) is 3.07. The van der Waals surface area contributed by atoms with Gasteiger partial charge in [-0.25, -0.2) is 0 Å². The highest BCUT2D eigenvalue weighted by molar-refractivity contribution is 6.49. The van der Waals surface area contributed by atoms with Crippen LogP contribution in [0.1, 0.15) is 31.8 Å². The van der Waals surface area contributed by atoms with Gasteiger partial charge in [-0.1, -0.05) is 130 Å². The normalized spacial score (nSPS) is 10.3. The molecule has 0 saturated carbocycles. The number of carbonyl (C=O) groups is 2. The molecule has 0 radical (unpaired) electrons. The van der Waals surface area contributed by atoms with Crippen LogP contribution in [0, 0.1) is 0 Å². The van der Waals surface area contributed by atoms with E-state index in [0.29, 0.717) is 0 Å². The highest BCUT2D eigenvalue weighted by Gasteiger charge is 2.22. The fourth-order valence-electron chi connectivity index (χ4n) is 3.28. The number of rotatable bonds is 4. The lowest BCUT2D eigenvalue weighted by atomic mass is 10.0. The van der Waals surface area contributed by atoms with Crippen molar-refractivity contribution in [3.05, 3.63) is 146 Å². The predicted molar refractivity (Wildman–Crippen MR) is 159 cm³/mol. The second-order valence-electron chi connectivity index (χ2n) is 7.81. The number of benzene rings is 2. The van der Waals surface area contributed by atoms with Crippen molar-refractivity contribution < 1.29 is 19.8 Å². The smallest absolute Gasteiger partial charge is 0.200 e. The van der Waals surface area contributed by atoms with E-state index in [-0.39, 0.29) is 41.3 Å². The highest BCUT2D eigenvalue weighted by atomic mass is 35.5. The summed E-state index contributed by atoms with van der Waals surface area (Å²) >= 11 is 34.7. The van der Waals surface area contributed by atoms with Crippen LogP contribution < -0.4 is 10.9 Å². The van der Waals surface area contributed by atoms with E-state index in [1.807, 2.05) is 0 Å². The number of ketones is 2. The molecule has 12 heteroatoms. The van der Waals surface area contributed by atoms with Crippen molar-refractivity contribution in [1.82, 2.24) is 0 Å². The lowest BCUT2D eigenvalue weighted by Gasteiger charge is -2.01. The molecule has 40 heavy (non-hydrogen) atoms. The Morgan fingerprint density at radius 2 is 0.800 bits per heavy atom. The van der Waals surface area contributed by atoms with E-state index < -0.39 is 45.0 Å². The van der Waals surface area contributed by atoms with E-state index in [1.165, 1.54) is 24.3 Å². The van der Waals surface area contributed by atoms with Gasteiger partial charge < -0.3 is 10.2 Å². The second kappa shape index (κ2) is 13.5.